The molecule has 3 fully saturated rings. The second kappa shape index (κ2) is 3.96. The molecule has 0 radical (unpaired) electrons. The zero-order valence-electron chi connectivity index (χ0n) is 14.3. The van der Waals surface area contributed by atoms with Crippen molar-refractivity contribution in [1.29, 1.82) is 0 Å². The minimum absolute atomic E-state index is 0.0949. The van der Waals surface area contributed by atoms with E-state index in [1.807, 2.05) is 0 Å². The third kappa shape index (κ3) is 1.68. The van der Waals surface area contributed by atoms with Crippen molar-refractivity contribution in [3.63, 3.8) is 0 Å². The maximum absolute atomic E-state index is 10.5. The molecule has 0 unspecified atom stereocenters. The SMILES string of the molecule is CC1(C)[C@@H](O)CC[C@]2(C)[C@H]1CC[C@@]13C=C[C@@](C)(CC[C@@H]12)C3. The largest absolute Gasteiger partial charge is 0.393 e. The topological polar surface area (TPSA) is 20.2 Å². The number of aliphatic hydroxyl groups excluding tert-OH is 1. The van der Waals surface area contributed by atoms with E-state index in [2.05, 4.69) is 39.8 Å². The number of hydrogen-bond acceptors (Lipinski definition) is 1. The molecule has 0 heterocycles. The molecule has 0 aromatic rings. The highest BCUT2D eigenvalue weighted by molar-refractivity contribution is 5.25. The first kappa shape index (κ1) is 14.3. The van der Waals surface area contributed by atoms with Gasteiger partial charge in [0.2, 0.25) is 0 Å². The third-order valence-electron chi connectivity index (χ3n) is 8.45. The molecule has 0 saturated heterocycles. The lowest BCUT2D eigenvalue weighted by Gasteiger charge is -2.65. The number of allylic oxidation sites excluding steroid dienone is 2. The average molecular weight is 288 g/mol. The molecule has 6 atom stereocenters. The van der Waals surface area contributed by atoms with Gasteiger partial charge in [-0.05, 0) is 78.4 Å². The lowest BCUT2D eigenvalue weighted by atomic mass is 9.40. The molecular formula is C20H32O. The Morgan fingerprint density at radius 3 is 2.33 bits per heavy atom. The lowest BCUT2D eigenvalue weighted by Crippen LogP contribution is -2.59. The van der Waals surface area contributed by atoms with Crippen molar-refractivity contribution in [3.05, 3.63) is 12.2 Å². The van der Waals surface area contributed by atoms with E-state index < -0.39 is 0 Å². The highest BCUT2D eigenvalue weighted by atomic mass is 16.3. The normalized spacial score (nSPS) is 57.7. The van der Waals surface area contributed by atoms with Crippen molar-refractivity contribution < 1.29 is 5.11 Å². The van der Waals surface area contributed by atoms with Crippen LogP contribution in [0.4, 0.5) is 0 Å². The van der Waals surface area contributed by atoms with Gasteiger partial charge in [0, 0.05) is 0 Å². The lowest BCUT2D eigenvalue weighted by molar-refractivity contribution is -0.176. The zero-order chi connectivity index (χ0) is 15.1. The Labute approximate surface area is 130 Å². The van der Waals surface area contributed by atoms with Crippen LogP contribution in [0, 0.1) is 33.5 Å². The Bertz CT molecular complexity index is 492. The quantitative estimate of drug-likeness (QED) is 0.626. The molecule has 4 rings (SSSR count). The molecule has 2 bridgehead atoms. The standard InChI is InChI=1S/C20H32O/c1-17(2)14-6-10-20-12-11-18(3,13-20)8-5-15(20)19(14,4)9-7-16(17)21/h11-12,14-16,21H,5-10,13H2,1-4H3/t14-,15+,16-,18+,19+,20-/m0/s1. The van der Waals surface area contributed by atoms with Crippen LogP contribution < -0.4 is 0 Å². The van der Waals surface area contributed by atoms with E-state index in [1.165, 1.54) is 38.5 Å². The van der Waals surface area contributed by atoms with Crippen molar-refractivity contribution in [2.75, 3.05) is 0 Å². The fourth-order valence-electron chi connectivity index (χ4n) is 7.35. The van der Waals surface area contributed by atoms with Gasteiger partial charge < -0.3 is 5.11 Å². The van der Waals surface area contributed by atoms with Crippen LogP contribution in [0.25, 0.3) is 0 Å². The summed E-state index contributed by atoms with van der Waals surface area (Å²) in [5, 5.41) is 10.5. The van der Waals surface area contributed by atoms with Crippen LogP contribution in [0.15, 0.2) is 12.2 Å². The van der Waals surface area contributed by atoms with Crippen molar-refractivity contribution in [2.24, 2.45) is 33.5 Å². The minimum atomic E-state index is -0.0994. The molecule has 1 N–H and O–H groups in total. The Kier molecular flexibility index (Phi) is 2.70. The monoisotopic (exact) mass is 288 g/mol. The van der Waals surface area contributed by atoms with Gasteiger partial charge >= 0.3 is 0 Å². The molecule has 4 aliphatic carbocycles. The van der Waals surface area contributed by atoms with E-state index in [0.29, 0.717) is 22.2 Å². The molecular weight excluding hydrogens is 256 g/mol. The Hall–Kier alpha value is -0.300. The highest BCUT2D eigenvalue weighted by Crippen LogP contribution is 2.71. The van der Waals surface area contributed by atoms with Crippen LogP contribution in [-0.2, 0) is 0 Å². The Morgan fingerprint density at radius 2 is 1.57 bits per heavy atom. The average Bonchev–Trinajstić information content (AvgIpc) is 2.65. The van der Waals surface area contributed by atoms with Crippen LogP contribution in [0.5, 0.6) is 0 Å². The molecule has 0 aromatic carbocycles. The highest BCUT2D eigenvalue weighted by Gasteiger charge is 2.64. The maximum Gasteiger partial charge on any atom is 0.0594 e. The van der Waals surface area contributed by atoms with Crippen LogP contribution in [0.2, 0.25) is 0 Å². The first-order chi connectivity index (χ1) is 9.72. The fourth-order valence-corrected chi connectivity index (χ4v) is 7.35. The van der Waals surface area contributed by atoms with Crippen molar-refractivity contribution >= 4 is 0 Å². The van der Waals surface area contributed by atoms with E-state index in [1.54, 1.807) is 0 Å². The predicted octanol–water partition coefficient (Wildman–Crippen LogP) is 4.95. The number of fused-ring (bicyclic) bond motifs is 3. The van der Waals surface area contributed by atoms with Gasteiger partial charge in [0.15, 0.2) is 0 Å². The predicted molar refractivity (Wildman–Crippen MR) is 86.9 cm³/mol. The summed E-state index contributed by atoms with van der Waals surface area (Å²) >= 11 is 0. The van der Waals surface area contributed by atoms with Crippen LogP contribution in [0.3, 0.4) is 0 Å². The summed E-state index contributed by atoms with van der Waals surface area (Å²) in [4.78, 5) is 0. The van der Waals surface area contributed by atoms with Crippen molar-refractivity contribution in [3.8, 4) is 0 Å². The van der Waals surface area contributed by atoms with Gasteiger partial charge in [0.1, 0.15) is 0 Å². The maximum atomic E-state index is 10.5. The van der Waals surface area contributed by atoms with E-state index in [9.17, 15) is 5.11 Å². The first-order valence-electron chi connectivity index (χ1n) is 9.10. The number of aliphatic hydroxyl groups is 1. The van der Waals surface area contributed by atoms with Crippen LogP contribution in [0.1, 0.15) is 72.6 Å². The molecule has 1 spiro atoms. The van der Waals surface area contributed by atoms with Gasteiger partial charge in [-0.1, -0.05) is 39.8 Å². The molecule has 1 nitrogen and oxygen atoms in total. The van der Waals surface area contributed by atoms with Gasteiger partial charge in [-0.15, -0.1) is 0 Å². The molecule has 21 heavy (non-hydrogen) atoms. The summed E-state index contributed by atoms with van der Waals surface area (Å²) in [5.41, 5.74) is 1.52. The molecule has 4 aliphatic rings. The Balaban J connectivity index is 1.74. The molecule has 1 heteroatoms. The van der Waals surface area contributed by atoms with Gasteiger partial charge in [-0.3, -0.25) is 0 Å². The Morgan fingerprint density at radius 1 is 0.857 bits per heavy atom. The molecule has 118 valence electrons. The smallest absolute Gasteiger partial charge is 0.0594 e. The van der Waals surface area contributed by atoms with Crippen molar-refractivity contribution in [2.45, 2.75) is 78.7 Å². The molecule has 0 aromatic heterocycles. The van der Waals surface area contributed by atoms with E-state index >= 15 is 0 Å². The van der Waals surface area contributed by atoms with E-state index in [0.717, 1.165) is 12.3 Å². The fraction of sp³-hybridized carbons (Fsp3) is 0.900. The van der Waals surface area contributed by atoms with Crippen LogP contribution in [-0.4, -0.2) is 11.2 Å². The second-order valence-corrected chi connectivity index (χ2v) is 9.96. The van der Waals surface area contributed by atoms with E-state index in [4.69, 9.17) is 0 Å². The summed E-state index contributed by atoms with van der Waals surface area (Å²) in [6.45, 7) is 9.70. The summed E-state index contributed by atoms with van der Waals surface area (Å²) in [5.74, 6) is 1.55. The van der Waals surface area contributed by atoms with Gasteiger partial charge in [-0.2, -0.15) is 0 Å². The van der Waals surface area contributed by atoms with Gasteiger partial charge in [0.05, 0.1) is 6.10 Å². The first-order valence-corrected chi connectivity index (χ1v) is 9.10. The van der Waals surface area contributed by atoms with E-state index in [-0.39, 0.29) is 11.5 Å². The number of hydrogen-bond donors (Lipinski definition) is 1. The van der Waals surface area contributed by atoms with Crippen LogP contribution >= 0.6 is 0 Å². The number of rotatable bonds is 0. The van der Waals surface area contributed by atoms with Crippen molar-refractivity contribution in [1.82, 2.24) is 0 Å². The molecule has 0 amide bonds. The summed E-state index contributed by atoms with van der Waals surface area (Å²) in [7, 11) is 0. The van der Waals surface area contributed by atoms with Gasteiger partial charge in [-0.25, -0.2) is 0 Å². The summed E-state index contributed by atoms with van der Waals surface area (Å²) < 4.78 is 0. The van der Waals surface area contributed by atoms with Gasteiger partial charge in [0.25, 0.3) is 0 Å². The summed E-state index contributed by atoms with van der Waals surface area (Å²) in [6, 6.07) is 0. The second-order valence-electron chi connectivity index (χ2n) is 9.96. The minimum Gasteiger partial charge on any atom is -0.393 e. The summed E-state index contributed by atoms with van der Waals surface area (Å²) in [6.07, 6.45) is 14.2. The molecule has 3 saturated carbocycles. The molecule has 0 aliphatic heterocycles. The third-order valence-corrected chi connectivity index (χ3v) is 8.45. The zero-order valence-corrected chi connectivity index (χ0v) is 14.3.